The minimum absolute atomic E-state index is 0.0436. The Morgan fingerprint density at radius 1 is 1.28 bits per heavy atom. The van der Waals surface area contributed by atoms with E-state index in [9.17, 15) is 15.4 Å². The molecule has 1 atom stereocenters. The van der Waals surface area contributed by atoms with Crippen molar-refractivity contribution in [2.24, 2.45) is 5.73 Å². The third kappa shape index (κ3) is 2.18. The summed E-state index contributed by atoms with van der Waals surface area (Å²) in [6.07, 6.45) is 0. The lowest BCUT2D eigenvalue weighted by atomic mass is 9.97. The monoisotopic (exact) mass is 332 g/mol. The summed E-state index contributed by atoms with van der Waals surface area (Å²) < 4.78 is 1.84. The number of imidazole rings is 1. The van der Waals surface area contributed by atoms with Crippen molar-refractivity contribution in [2.75, 3.05) is 5.32 Å². The molecule has 0 aliphatic carbocycles. The quantitative estimate of drug-likeness (QED) is 0.549. The molecule has 1 aliphatic rings. The number of nitrogens with one attached hydrogen (secondary N) is 1. The van der Waals surface area contributed by atoms with E-state index in [4.69, 9.17) is 5.73 Å². The number of anilines is 1. The van der Waals surface area contributed by atoms with Crippen LogP contribution in [0.15, 0.2) is 59.9 Å². The number of para-hydroxylation sites is 2. The van der Waals surface area contributed by atoms with Crippen molar-refractivity contribution in [3.8, 4) is 6.07 Å². The fourth-order valence-corrected chi connectivity index (χ4v) is 3.10. The summed E-state index contributed by atoms with van der Waals surface area (Å²) >= 11 is 0. The minimum atomic E-state index is -0.589. The van der Waals surface area contributed by atoms with E-state index in [0.717, 1.165) is 11.0 Å². The van der Waals surface area contributed by atoms with Crippen LogP contribution in [-0.2, 0) is 0 Å². The lowest BCUT2D eigenvalue weighted by molar-refractivity contribution is -0.384. The van der Waals surface area contributed by atoms with Crippen LogP contribution in [0, 0.1) is 21.4 Å². The van der Waals surface area contributed by atoms with Gasteiger partial charge in [-0.15, -0.1) is 0 Å². The predicted molar refractivity (Wildman–Crippen MR) is 91.4 cm³/mol. The van der Waals surface area contributed by atoms with Gasteiger partial charge in [-0.3, -0.25) is 14.7 Å². The maximum absolute atomic E-state index is 11.1. The van der Waals surface area contributed by atoms with E-state index < -0.39 is 11.0 Å². The maximum Gasteiger partial charge on any atom is 0.269 e. The summed E-state index contributed by atoms with van der Waals surface area (Å²) in [6, 6.07) is 15.2. The Labute approximate surface area is 142 Å². The predicted octanol–water partition coefficient (Wildman–Crippen LogP) is 2.65. The van der Waals surface area contributed by atoms with Gasteiger partial charge in [0.05, 0.1) is 21.5 Å². The summed E-state index contributed by atoms with van der Waals surface area (Å²) in [5.41, 5.74) is 8.40. The van der Waals surface area contributed by atoms with Crippen LogP contribution in [0.3, 0.4) is 0 Å². The Morgan fingerprint density at radius 3 is 2.84 bits per heavy atom. The van der Waals surface area contributed by atoms with Crippen molar-refractivity contribution >= 4 is 22.7 Å². The minimum Gasteiger partial charge on any atom is -0.384 e. The molecule has 1 unspecified atom stereocenters. The van der Waals surface area contributed by atoms with Gasteiger partial charge in [0.15, 0.2) is 0 Å². The number of nitriles is 1. The highest BCUT2D eigenvalue weighted by molar-refractivity contribution is 5.80. The molecule has 8 nitrogen and oxygen atoms in total. The number of nitro groups is 1. The van der Waals surface area contributed by atoms with Crippen molar-refractivity contribution in [3.05, 3.63) is 75.6 Å². The van der Waals surface area contributed by atoms with Crippen LogP contribution < -0.4 is 11.1 Å². The highest BCUT2D eigenvalue weighted by Gasteiger charge is 2.31. The maximum atomic E-state index is 11.1. The number of nitrogens with zero attached hydrogens (tertiary/aromatic N) is 4. The molecule has 0 radical (unpaired) electrons. The number of rotatable bonds is 2. The van der Waals surface area contributed by atoms with Gasteiger partial charge in [0.1, 0.15) is 17.9 Å². The molecule has 0 amide bonds. The Hall–Kier alpha value is -3.86. The van der Waals surface area contributed by atoms with Gasteiger partial charge in [-0.2, -0.15) is 5.26 Å². The molecule has 8 heteroatoms. The Bertz CT molecular complexity index is 1090. The van der Waals surface area contributed by atoms with E-state index in [-0.39, 0.29) is 17.1 Å². The van der Waals surface area contributed by atoms with Gasteiger partial charge in [0.25, 0.3) is 5.69 Å². The standard InChI is InChI=1S/C17H12N6O2/c18-9-12-15(10-4-3-5-11(8-10)23(24)25)22-14-7-2-1-6-13(14)20-17(22)21-16(12)19/h1-8,15H,19H2,(H,20,21). The molecular formula is C17H12N6O2. The number of fused-ring (bicyclic) bond motifs is 3. The second-order valence-electron chi connectivity index (χ2n) is 5.61. The van der Waals surface area contributed by atoms with E-state index in [1.807, 2.05) is 28.8 Å². The number of non-ortho nitro benzene ring substituents is 1. The molecule has 2 aromatic carbocycles. The number of hydrogen-bond acceptors (Lipinski definition) is 6. The number of allylic oxidation sites excluding steroid dienone is 1. The summed E-state index contributed by atoms with van der Waals surface area (Å²) in [5, 5.41) is 23.7. The number of nitrogens with two attached hydrogens (primary N) is 1. The van der Waals surface area contributed by atoms with Crippen molar-refractivity contribution in [2.45, 2.75) is 6.04 Å². The van der Waals surface area contributed by atoms with Crippen molar-refractivity contribution in [1.29, 1.82) is 5.26 Å². The average Bonchev–Trinajstić information content (AvgIpc) is 2.98. The Balaban J connectivity index is 2.01. The molecule has 1 aliphatic heterocycles. The highest BCUT2D eigenvalue weighted by Crippen LogP contribution is 2.38. The normalized spacial score (nSPS) is 16.2. The number of hydrogen-bond donors (Lipinski definition) is 2. The fraction of sp³-hybridized carbons (Fsp3) is 0.0588. The lowest BCUT2D eigenvalue weighted by Gasteiger charge is -2.27. The molecule has 0 saturated carbocycles. The van der Waals surface area contributed by atoms with Gasteiger partial charge in [-0.1, -0.05) is 24.3 Å². The third-order valence-electron chi connectivity index (χ3n) is 4.18. The van der Waals surface area contributed by atoms with Gasteiger partial charge < -0.3 is 11.1 Å². The molecule has 25 heavy (non-hydrogen) atoms. The zero-order valence-corrected chi connectivity index (χ0v) is 12.9. The summed E-state index contributed by atoms with van der Waals surface area (Å²) in [7, 11) is 0. The SMILES string of the molecule is N#CC1=C(N)Nc2nc3ccccc3n2C1c1cccc([N+](=O)[O-])c1. The first-order valence-electron chi connectivity index (χ1n) is 7.48. The molecule has 0 saturated heterocycles. The van der Waals surface area contributed by atoms with Gasteiger partial charge in [-0.05, 0) is 17.7 Å². The van der Waals surface area contributed by atoms with E-state index in [2.05, 4.69) is 16.4 Å². The van der Waals surface area contributed by atoms with Crippen molar-refractivity contribution in [1.82, 2.24) is 9.55 Å². The van der Waals surface area contributed by atoms with Crippen molar-refractivity contribution in [3.63, 3.8) is 0 Å². The first kappa shape index (κ1) is 14.7. The molecule has 3 N–H and O–H groups in total. The lowest BCUT2D eigenvalue weighted by Crippen LogP contribution is -2.27. The zero-order chi connectivity index (χ0) is 17.6. The van der Waals surface area contributed by atoms with E-state index in [1.165, 1.54) is 12.1 Å². The van der Waals surface area contributed by atoms with Crippen LogP contribution in [0.25, 0.3) is 11.0 Å². The smallest absolute Gasteiger partial charge is 0.269 e. The molecular weight excluding hydrogens is 320 g/mol. The number of benzene rings is 2. The molecule has 2 heterocycles. The van der Waals surface area contributed by atoms with Crippen LogP contribution in [0.1, 0.15) is 11.6 Å². The van der Waals surface area contributed by atoms with Crippen LogP contribution in [0.5, 0.6) is 0 Å². The molecule has 3 aromatic rings. The van der Waals surface area contributed by atoms with Crippen molar-refractivity contribution < 1.29 is 4.92 Å². The Kier molecular flexibility index (Phi) is 3.15. The van der Waals surface area contributed by atoms with E-state index in [0.29, 0.717) is 11.5 Å². The second-order valence-corrected chi connectivity index (χ2v) is 5.61. The molecule has 0 spiro atoms. The molecule has 1 aromatic heterocycles. The van der Waals surface area contributed by atoms with Crippen LogP contribution in [-0.4, -0.2) is 14.5 Å². The summed E-state index contributed by atoms with van der Waals surface area (Å²) in [5.74, 6) is 0.691. The fourth-order valence-electron chi connectivity index (χ4n) is 3.10. The summed E-state index contributed by atoms with van der Waals surface area (Å²) in [6.45, 7) is 0. The van der Waals surface area contributed by atoms with Crippen LogP contribution in [0.2, 0.25) is 0 Å². The zero-order valence-electron chi connectivity index (χ0n) is 12.9. The number of aromatic nitrogens is 2. The van der Waals surface area contributed by atoms with Crippen LogP contribution >= 0.6 is 0 Å². The van der Waals surface area contributed by atoms with E-state index >= 15 is 0 Å². The molecule has 122 valence electrons. The topological polar surface area (TPSA) is 123 Å². The number of nitro benzene ring substituents is 1. The van der Waals surface area contributed by atoms with E-state index in [1.54, 1.807) is 12.1 Å². The van der Waals surface area contributed by atoms with Gasteiger partial charge in [-0.25, -0.2) is 4.98 Å². The molecule has 0 fully saturated rings. The second kappa shape index (κ2) is 5.35. The molecule has 0 bridgehead atoms. The molecule has 4 rings (SSSR count). The van der Waals surface area contributed by atoms with Gasteiger partial charge >= 0.3 is 0 Å². The Morgan fingerprint density at radius 2 is 2.08 bits per heavy atom. The first-order valence-corrected chi connectivity index (χ1v) is 7.48. The first-order chi connectivity index (χ1) is 12.1. The van der Waals surface area contributed by atoms with Crippen LogP contribution in [0.4, 0.5) is 11.6 Å². The third-order valence-corrected chi connectivity index (χ3v) is 4.18. The van der Waals surface area contributed by atoms with Gasteiger partial charge in [0.2, 0.25) is 5.95 Å². The largest absolute Gasteiger partial charge is 0.384 e. The highest BCUT2D eigenvalue weighted by atomic mass is 16.6. The summed E-state index contributed by atoms with van der Waals surface area (Å²) in [4.78, 5) is 15.2. The average molecular weight is 332 g/mol. The van der Waals surface area contributed by atoms with Gasteiger partial charge in [0, 0.05) is 12.1 Å².